The van der Waals surface area contributed by atoms with Gasteiger partial charge in [0.1, 0.15) is 0 Å². The summed E-state index contributed by atoms with van der Waals surface area (Å²) in [4.78, 5) is 11.3. The first-order valence-electron chi connectivity index (χ1n) is 5.53. The van der Waals surface area contributed by atoms with Crippen LogP contribution in [0.5, 0.6) is 0 Å². The minimum absolute atomic E-state index is 0. The standard InChI is InChI=1S/C12H13BrF3NO2.ClH/c1-2-19-11(18)6-10(17)8-5-7(12(14,15)16)3-4-9(8)13;/h3-5,10H,2,6,17H2,1H3;1H/t10-;/m1./s1. The Morgan fingerprint density at radius 2 is 2.05 bits per heavy atom. The molecule has 0 unspecified atom stereocenters. The van der Waals surface area contributed by atoms with Crippen LogP contribution in [0.3, 0.4) is 0 Å². The zero-order valence-corrected chi connectivity index (χ0v) is 12.9. The van der Waals surface area contributed by atoms with E-state index >= 15 is 0 Å². The molecule has 114 valence electrons. The normalized spacial score (nSPS) is 12.5. The number of nitrogens with two attached hydrogens (primary N) is 1. The van der Waals surface area contributed by atoms with Gasteiger partial charge in [-0.2, -0.15) is 13.2 Å². The second kappa shape index (κ2) is 7.85. The van der Waals surface area contributed by atoms with E-state index in [0.717, 1.165) is 12.1 Å². The summed E-state index contributed by atoms with van der Waals surface area (Å²) in [5, 5.41) is 0. The third-order valence-electron chi connectivity index (χ3n) is 2.41. The number of carbonyl (C=O) groups excluding carboxylic acids is 1. The van der Waals surface area contributed by atoms with Gasteiger partial charge in [-0.3, -0.25) is 4.79 Å². The highest BCUT2D eigenvalue weighted by Crippen LogP contribution is 2.34. The smallest absolute Gasteiger partial charge is 0.416 e. The fraction of sp³-hybridized carbons (Fsp3) is 0.417. The van der Waals surface area contributed by atoms with E-state index in [1.807, 2.05) is 0 Å². The van der Waals surface area contributed by atoms with Crippen molar-refractivity contribution in [3.8, 4) is 0 Å². The Hall–Kier alpha value is -0.790. The lowest BCUT2D eigenvalue weighted by atomic mass is 10.0. The van der Waals surface area contributed by atoms with Gasteiger partial charge in [-0.05, 0) is 30.7 Å². The van der Waals surface area contributed by atoms with Gasteiger partial charge in [-0.15, -0.1) is 12.4 Å². The molecule has 1 aromatic rings. The lowest BCUT2D eigenvalue weighted by Crippen LogP contribution is -2.18. The molecule has 0 aromatic heterocycles. The second-order valence-corrected chi connectivity index (χ2v) is 4.70. The van der Waals surface area contributed by atoms with Crippen molar-refractivity contribution in [3.05, 3.63) is 33.8 Å². The summed E-state index contributed by atoms with van der Waals surface area (Å²) in [5.74, 6) is -0.542. The number of alkyl halides is 3. The first kappa shape index (κ1) is 19.2. The zero-order valence-electron chi connectivity index (χ0n) is 10.5. The molecule has 0 saturated heterocycles. The Balaban J connectivity index is 0.00000361. The molecule has 0 radical (unpaired) electrons. The van der Waals surface area contributed by atoms with Gasteiger partial charge in [0.2, 0.25) is 0 Å². The molecule has 0 amide bonds. The molecule has 0 spiro atoms. The van der Waals surface area contributed by atoms with Gasteiger partial charge in [0.05, 0.1) is 18.6 Å². The fourth-order valence-corrected chi connectivity index (χ4v) is 2.05. The number of hydrogen-bond acceptors (Lipinski definition) is 3. The summed E-state index contributed by atoms with van der Waals surface area (Å²) in [5.41, 5.74) is 5.16. The molecule has 1 atom stereocenters. The average Bonchev–Trinajstić information content (AvgIpc) is 2.27. The largest absolute Gasteiger partial charge is 0.466 e. The molecular weight excluding hydrogens is 362 g/mol. The predicted octanol–water partition coefficient (Wildman–Crippen LogP) is 3.84. The number of ether oxygens (including phenoxy) is 1. The van der Waals surface area contributed by atoms with Crippen molar-refractivity contribution in [2.75, 3.05) is 6.61 Å². The Morgan fingerprint density at radius 3 is 2.55 bits per heavy atom. The maximum absolute atomic E-state index is 12.6. The molecular formula is C12H14BrClF3NO2. The van der Waals surface area contributed by atoms with Crippen LogP contribution in [-0.2, 0) is 15.7 Å². The lowest BCUT2D eigenvalue weighted by Gasteiger charge is -2.15. The Labute approximate surface area is 129 Å². The van der Waals surface area contributed by atoms with Crippen molar-refractivity contribution in [2.24, 2.45) is 5.73 Å². The van der Waals surface area contributed by atoms with Crippen LogP contribution in [0.15, 0.2) is 22.7 Å². The lowest BCUT2D eigenvalue weighted by molar-refractivity contribution is -0.143. The summed E-state index contributed by atoms with van der Waals surface area (Å²) in [6.45, 7) is 1.85. The van der Waals surface area contributed by atoms with E-state index in [1.165, 1.54) is 6.07 Å². The summed E-state index contributed by atoms with van der Waals surface area (Å²) in [6, 6.07) is 2.30. The third kappa shape index (κ3) is 5.30. The second-order valence-electron chi connectivity index (χ2n) is 3.85. The molecule has 20 heavy (non-hydrogen) atoms. The molecule has 0 aliphatic carbocycles. The fourth-order valence-electron chi connectivity index (χ4n) is 1.51. The number of esters is 1. The van der Waals surface area contributed by atoms with E-state index in [1.54, 1.807) is 6.92 Å². The van der Waals surface area contributed by atoms with Crippen LogP contribution in [0, 0.1) is 0 Å². The van der Waals surface area contributed by atoms with E-state index in [2.05, 4.69) is 15.9 Å². The first-order chi connectivity index (χ1) is 8.75. The maximum atomic E-state index is 12.6. The molecule has 0 bridgehead atoms. The monoisotopic (exact) mass is 375 g/mol. The van der Waals surface area contributed by atoms with Gasteiger partial charge in [-0.25, -0.2) is 0 Å². The van der Waals surface area contributed by atoms with Crippen molar-refractivity contribution >= 4 is 34.3 Å². The van der Waals surface area contributed by atoms with Crippen LogP contribution >= 0.6 is 28.3 Å². The van der Waals surface area contributed by atoms with Gasteiger partial charge in [-0.1, -0.05) is 15.9 Å². The molecule has 0 saturated carbocycles. The van der Waals surface area contributed by atoms with E-state index in [0.29, 0.717) is 4.47 Å². The molecule has 1 aromatic carbocycles. The van der Waals surface area contributed by atoms with Gasteiger partial charge >= 0.3 is 12.1 Å². The quantitative estimate of drug-likeness (QED) is 0.812. The summed E-state index contributed by atoms with van der Waals surface area (Å²) in [6.07, 6.45) is -4.62. The van der Waals surface area contributed by atoms with Crippen molar-refractivity contribution < 1.29 is 22.7 Å². The van der Waals surface area contributed by atoms with Crippen LogP contribution in [0.1, 0.15) is 30.5 Å². The van der Waals surface area contributed by atoms with E-state index in [9.17, 15) is 18.0 Å². The molecule has 1 rings (SSSR count). The summed E-state index contributed by atoms with van der Waals surface area (Å²) in [7, 11) is 0. The number of benzene rings is 1. The summed E-state index contributed by atoms with van der Waals surface area (Å²) < 4.78 is 42.9. The zero-order chi connectivity index (χ0) is 14.6. The number of halogens is 5. The number of carbonyl (C=O) groups is 1. The minimum atomic E-state index is -4.45. The highest BCUT2D eigenvalue weighted by Gasteiger charge is 2.31. The molecule has 0 fully saturated rings. The minimum Gasteiger partial charge on any atom is -0.466 e. The van der Waals surface area contributed by atoms with Crippen LogP contribution in [0.4, 0.5) is 13.2 Å². The average molecular weight is 377 g/mol. The first-order valence-corrected chi connectivity index (χ1v) is 6.32. The van der Waals surface area contributed by atoms with E-state index in [-0.39, 0.29) is 31.0 Å². The highest BCUT2D eigenvalue weighted by atomic mass is 79.9. The molecule has 0 aliphatic rings. The highest BCUT2D eigenvalue weighted by molar-refractivity contribution is 9.10. The SMILES string of the molecule is CCOC(=O)C[C@@H](N)c1cc(C(F)(F)F)ccc1Br.Cl. The number of rotatable bonds is 4. The van der Waals surface area contributed by atoms with Crippen LogP contribution in [0.2, 0.25) is 0 Å². The Kier molecular flexibility index (Phi) is 7.54. The molecule has 2 N–H and O–H groups in total. The van der Waals surface area contributed by atoms with Crippen molar-refractivity contribution in [3.63, 3.8) is 0 Å². The van der Waals surface area contributed by atoms with Gasteiger partial charge in [0, 0.05) is 10.5 Å². The van der Waals surface area contributed by atoms with Crippen molar-refractivity contribution in [2.45, 2.75) is 25.6 Å². The van der Waals surface area contributed by atoms with E-state index in [4.69, 9.17) is 10.5 Å². The Morgan fingerprint density at radius 1 is 1.45 bits per heavy atom. The maximum Gasteiger partial charge on any atom is 0.416 e. The predicted molar refractivity (Wildman–Crippen MR) is 74.6 cm³/mol. The Bertz CT molecular complexity index is 469. The van der Waals surface area contributed by atoms with Crippen LogP contribution in [-0.4, -0.2) is 12.6 Å². The molecule has 3 nitrogen and oxygen atoms in total. The van der Waals surface area contributed by atoms with Gasteiger partial charge < -0.3 is 10.5 Å². The molecule has 8 heteroatoms. The number of hydrogen-bond donors (Lipinski definition) is 1. The molecule has 0 heterocycles. The topological polar surface area (TPSA) is 52.3 Å². The van der Waals surface area contributed by atoms with Crippen LogP contribution < -0.4 is 5.73 Å². The summed E-state index contributed by atoms with van der Waals surface area (Å²) >= 11 is 3.13. The molecule has 0 aliphatic heterocycles. The van der Waals surface area contributed by atoms with Crippen molar-refractivity contribution in [1.29, 1.82) is 0 Å². The van der Waals surface area contributed by atoms with Crippen LogP contribution in [0.25, 0.3) is 0 Å². The van der Waals surface area contributed by atoms with Gasteiger partial charge in [0.15, 0.2) is 0 Å². The third-order valence-corrected chi connectivity index (χ3v) is 3.14. The van der Waals surface area contributed by atoms with Gasteiger partial charge in [0.25, 0.3) is 0 Å². The van der Waals surface area contributed by atoms with E-state index < -0.39 is 23.8 Å². The van der Waals surface area contributed by atoms with Crippen molar-refractivity contribution in [1.82, 2.24) is 0 Å².